The fourth-order valence-corrected chi connectivity index (χ4v) is 4.13. The second kappa shape index (κ2) is 13.9. The van der Waals surface area contributed by atoms with Gasteiger partial charge in [0.15, 0.2) is 0 Å². The first-order valence-corrected chi connectivity index (χ1v) is 12.8. The number of carbonyl (C=O) groups is 5. The zero-order valence-corrected chi connectivity index (χ0v) is 21.9. The van der Waals surface area contributed by atoms with Crippen LogP contribution in [0.4, 0.5) is 0 Å². The maximum atomic E-state index is 13.5. The molecule has 1 aromatic heterocycles. The molecule has 0 aliphatic heterocycles. The molecule has 4 unspecified atom stereocenters. The summed E-state index contributed by atoms with van der Waals surface area (Å²) in [5.41, 5.74) is 8.12. The van der Waals surface area contributed by atoms with Gasteiger partial charge in [0, 0.05) is 36.4 Å². The fourth-order valence-electron chi connectivity index (χ4n) is 4.13. The van der Waals surface area contributed by atoms with Crippen molar-refractivity contribution in [3.8, 4) is 0 Å². The molecule has 0 aliphatic rings. The summed E-state index contributed by atoms with van der Waals surface area (Å²) in [6, 6.07) is 11.6. The number of carboxylic acid groups (broad SMARTS) is 2. The lowest BCUT2D eigenvalue weighted by molar-refractivity contribution is -0.142. The highest BCUT2D eigenvalue weighted by Crippen LogP contribution is 2.19. The third kappa shape index (κ3) is 8.40. The molecular formula is C28H33N5O7. The van der Waals surface area contributed by atoms with Gasteiger partial charge in [-0.25, -0.2) is 0 Å². The van der Waals surface area contributed by atoms with E-state index < -0.39 is 53.8 Å². The molecule has 0 spiro atoms. The van der Waals surface area contributed by atoms with Crippen LogP contribution in [0.2, 0.25) is 0 Å². The molecule has 2 aromatic carbocycles. The quantitative estimate of drug-likeness (QED) is 0.152. The number of aliphatic carboxylic acids is 2. The Labute approximate surface area is 230 Å². The predicted molar refractivity (Wildman–Crippen MR) is 146 cm³/mol. The Hall–Kier alpha value is -4.71. The molecule has 3 amide bonds. The van der Waals surface area contributed by atoms with Crippen molar-refractivity contribution in [3.63, 3.8) is 0 Å². The molecule has 0 saturated carbocycles. The van der Waals surface area contributed by atoms with Gasteiger partial charge in [0.2, 0.25) is 17.7 Å². The molecule has 40 heavy (non-hydrogen) atoms. The highest BCUT2D eigenvalue weighted by atomic mass is 16.4. The van der Waals surface area contributed by atoms with Crippen molar-refractivity contribution in [2.75, 3.05) is 0 Å². The SMILES string of the molecule is CC(NC(=O)C(Cc1c[nH]c2ccccc12)NC(=O)C(Cc1ccccc1)NC(=O)C(N)CCC(=O)O)C(=O)O. The van der Waals surface area contributed by atoms with Gasteiger partial charge in [-0.15, -0.1) is 0 Å². The Morgan fingerprint density at radius 2 is 1.43 bits per heavy atom. The summed E-state index contributed by atoms with van der Waals surface area (Å²) in [5.74, 6) is -4.46. The van der Waals surface area contributed by atoms with Gasteiger partial charge in [0.1, 0.15) is 18.1 Å². The van der Waals surface area contributed by atoms with E-state index in [0.717, 1.165) is 22.0 Å². The van der Waals surface area contributed by atoms with E-state index in [-0.39, 0.29) is 25.7 Å². The Kier molecular flexibility index (Phi) is 10.4. The molecule has 4 atom stereocenters. The van der Waals surface area contributed by atoms with E-state index >= 15 is 0 Å². The molecule has 12 nitrogen and oxygen atoms in total. The molecule has 212 valence electrons. The van der Waals surface area contributed by atoms with Gasteiger partial charge in [0.05, 0.1) is 6.04 Å². The number of carboxylic acids is 2. The van der Waals surface area contributed by atoms with Gasteiger partial charge in [-0.1, -0.05) is 48.5 Å². The molecule has 0 saturated heterocycles. The second-order valence-electron chi connectivity index (χ2n) is 9.48. The lowest BCUT2D eigenvalue weighted by Gasteiger charge is -2.25. The Morgan fingerprint density at radius 1 is 0.825 bits per heavy atom. The molecular weight excluding hydrogens is 518 g/mol. The summed E-state index contributed by atoms with van der Waals surface area (Å²) >= 11 is 0. The van der Waals surface area contributed by atoms with E-state index in [2.05, 4.69) is 20.9 Å². The molecule has 12 heteroatoms. The number of hydrogen-bond acceptors (Lipinski definition) is 6. The Bertz CT molecular complexity index is 1360. The van der Waals surface area contributed by atoms with Gasteiger partial charge >= 0.3 is 11.9 Å². The van der Waals surface area contributed by atoms with Crippen molar-refractivity contribution < 1.29 is 34.2 Å². The maximum Gasteiger partial charge on any atom is 0.325 e. The number of para-hydroxylation sites is 1. The molecule has 0 bridgehead atoms. The summed E-state index contributed by atoms with van der Waals surface area (Å²) in [6.45, 7) is 1.31. The number of nitrogens with two attached hydrogens (primary N) is 1. The summed E-state index contributed by atoms with van der Waals surface area (Å²) in [6.07, 6.45) is 1.37. The van der Waals surface area contributed by atoms with Gasteiger partial charge in [0.25, 0.3) is 0 Å². The van der Waals surface area contributed by atoms with Crippen molar-refractivity contribution in [2.45, 2.75) is 56.8 Å². The van der Waals surface area contributed by atoms with Gasteiger partial charge in [-0.3, -0.25) is 24.0 Å². The molecule has 0 radical (unpaired) electrons. The first-order valence-electron chi connectivity index (χ1n) is 12.8. The largest absolute Gasteiger partial charge is 0.481 e. The number of aromatic amines is 1. The van der Waals surface area contributed by atoms with Crippen LogP contribution in [0, 0.1) is 0 Å². The number of fused-ring (bicyclic) bond motifs is 1. The number of amides is 3. The van der Waals surface area contributed by atoms with E-state index in [9.17, 15) is 29.1 Å². The minimum absolute atomic E-state index is 0.0397. The van der Waals surface area contributed by atoms with Gasteiger partial charge in [-0.2, -0.15) is 0 Å². The summed E-state index contributed by atoms with van der Waals surface area (Å²) in [4.78, 5) is 64.8. The minimum atomic E-state index is -1.24. The van der Waals surface area contributed by atoms with Crippen molar-refractivity contribution >= 4 is 40.6 Å². The topological polar surface area (TPSA) is 204 Å². The fraction of sp³-hybridized carbons (Fsp3) is 0.321. The first kappa shape index (κ1) is 29.8. The summed E-state index contributed by atoms with van der Waals surface area (Å²) in [7, 11) is 0. The predicted octanol–water partition coefficient (Wildman–Crippen LogP) is 0.704. The van der Waals surface area contributed by atoms with Crippen LogP contribution in [-0.2, 0) is 36.8 Å². The van der Waals surface area contributed by atoms with Crippen LogP contribution in [0.1, 0.15) is 30.9 Å². The first-order chi connectivity index (χ1) is 19.0. The van der Waals surface area contributed by atoms with Crippen molar-refractivity contribution in [2.24, 2.45) is 5.73 Å². The molecule has 1 heterocycles. The van der Waals surface area contributed by atoms with Crippen LogP contribution < -0.4 is 21.7 Å². The lowest BCUT2D eigenvalue weighted by atomic mass is 10.0. The third-order valence-electron chi connectivity index (χ3n) is 6.38. The van der Waals surface area contributed by atoms with Gasteiger partial charge < -0.3 is 36.9 Å². The van der Waals surface area contributed by atoms with E-state index in [1.807, 2.05) is 24.3 Å². The van der Waals surface area contributed by atoms with E-state index in [1.165, 1.54) is 6.92 Å². The Morgan fingerprint density at radius 3 is 2.10 bits per heavy atom. The normalized spacial score (nSPS) is 13.9. The highest BCUT2D eigenvalue weighted by Gasteiger charge is 2.30. The van der Waals surface area contributed by atoms with Gasteiger partial charge in [-0.05, 0) is 30.5 Å². The number of carbonyl (C=O) groups excluding carboxylic acids is 3. The zero-order chi connectivity index (χ0) is 29.2. The van der Waals surface area contributed by atoms with E-state index in [0.29, 0.717) is 0 Å². The molecule has 8 N–H and O–H groups in total. The highest BCUT2D eigenvalue weighted by molar-refractivity contribution is 5.95. The van der Waals surface area contributed by atoms with Crippen LogP contribution in [0.5, 0.6) is 0 Å². The van der Waals surface area contributed by atoms with Crippen LogP contribution in [0.15, 0.2) is 60.8 Å². The summed E-state index contributed by atoms with van der Waals surface area (Å²) < 4.78 is 0. The second-order valence-corrected chi connectivity index (χ2v) is 9.48. The van der Waals surface area contributed by atoms with Crippen LogP contribution in [-0.4, -0.2) is 69.0 Å². The average Bonchev–Trinajstić information content (AvgIpc) is 3.33. The molecule has 3 aromatic rings. The lowest BCUT2D eigenvalue weighted by Crippen LogP contribution is -2.58. The molecule has 3 rings (SSSR count). The number of benzene rings is 2. The van der Waals surface area contributed by atoms with E-state index in [4.69, 9.17) is 10.8 Å². The zero-order valence-electron chi connectivity index (χ0n) is 21.9. The van der Waals surface area contributed by atoms with Crippen LogP contribution >= 0.6 is 0 Å². The maximum absolute atomic E-state index is 13.5. The minimum Gasteiger partial charge on any atom is -0.481 e. The number of H-pyrrole nitrogens is 1. The molecule has 0 fully saturated rings. The average molecular weight is 552 g/mol. The van der Waals surface area contributed by atoms with Crippen LogP contribution in [0.3, 0.4) is 0 Å². The number of rotatable bonds is 14. The van der Waals surface area contributed by atoms with Crippen LogP contribution in [0.25, 0.3) is 10.9 Å². The molecule has 0 aliphatic carbocycles. The number of hydrogen-bond donors (Lipinski definition) is 7. The summed E-state index contributed by atoms with van der Waals surface area (Å²) in [5, 5.41) is 26.6. The van der Waals surface area contributed by atoms with E-state index in [1.54, 1.807) is 36.5 Å². The number of nitrogens with one attached hydrogen (secondary N) is 4. The van der Waals surface area contributed by atoms with Crippen molar-refractivity contribution in [3.05, 3.63) is 71.9 Å². The number of aromatic nitrogens is 1. The van der Waals surface area contributed by atoms with Crippen molar-refractivity contribution in [1.29, 1.82) is 0 Å². The standard InChI is InChI=1S/C28H33N5O7/c1-16(28(39)40)31-26(37)23(14-18-15-30-21-10-6-5-9-19(18)21)33-27(38)22(13-17-7-3-2-4-8-17)32-25(36)20(29)11-12-24(34)35/h2-10,15-16,20,22-23,30H,11-14,29H2,1H3,(H,31,37)(H,32,36)(H,33,38)(H,34,35)(H,39,40). The monoisotopic (exact) mass is 551 g/mol. The smallest absolute Gasteiger partial charge is 0.325 e. The Balaban J connectivity index is 1.85. The van der Waals surface area contributed by atoms with Crippen molar-refractivity contribution in [1.82, 2.24) is 20.9 Å². The third-order valence-corrected chi connectivity index (χ3v) is 6.38.